The Morgan fingerprint density at radius 3 is 2.27 bits per heavy atom. The van der Waals surface area contributed by atoms with E-state index < -0.39 is 10.4 Å². The molecule has 0 aromatic heterocycles. The van der Waals surface area contributed by atoms with Gasteiger partial charge in [-0.1, -0.05) is 34.9 Å². The topological polar surface area (TPSA) is 20.2 Å². The van der Waals surface area contributed by atoms with Gasteiger partial charge in [0.2, 0.25) is 0 Å². The van der Waals surface area contributed by atoms with Crippen molar-refractivity contribution >= 4 is 23.2 Å². The Labute approximate surface area is 78.0 Å². The van der Waals surface area contributed by atoms with Crippen molar-refractivity contribution in [1.29, 1.82) is 0 Å². The molecular formula is C8H14Cl2O. The molecule has 0 bridgehead atoms. The number of alkyl halides is 2. The number of halogens is 2. The second-order valence-corrected chi connectivity index (χ2v) is 4.58. The van der Waals surface area contributed by atoms with Gasteiger partial charge >= 0.3 is 0 Å². The zero-order chi connectivity index (χ0) is 9.07. The molecule has 66 valence electrons. The zero-order valence-corrected chi connectivity index (χ0v) is 8.58. The lowest BCUT2D eigenvalue weighted by Crippen LogP contribution is -2.17. The van der Waals surface area contributed by atoms with E-state index >= 15 is 0 Å². The Balaban J connectivity index is 4.11. The molecule has 0 amide bonds. The standard InChI is InChI=1S/C8H14Cl2O/c1-6(2)4-8(9,10)5-7(3)11/h4,7,11H,5H2,1-3H3. The lowest BCUT2D eigenvalue weighted by molar-refractivity contribution is 0.183. The van der Waals surface area contributed by atoms with Crippen LogP contribution in [0.2, 0.25) is 0 Å². The highest BCUT2D eigenvalue weighted by Gasteiger charge is 2.22. The highest BCUT2D eigenvalue weighted by Crippen LogP contribution is 2.29. The molecule has 0 aliphatic heterocycles. The molecule has 1 N–H and O–H groups in total. The van der Waals surface area contributed by atoms with Gasteiger partial charge in [0.25, 0.3) is 0 Å². The summed E-state index contributed by atoms with van der Waals surface area (Å²) in [5, 5.41) is 9.00. The lowest BCUT2D eigenvalue weighted by Gasteiger charge is -2.17. The quantitative estimate of drug-likeness (QED) is 0.544. The van der Waals surface area contributed by atoms with Crippen molar-refractivity contribution in [2.75, 3.05) is 0 Å². The van der Waals surface area contributed by atoms with E-state index in [9.17, 15) is 0 Å². The van der Waals surface area contributed by atoms with Crippen molar-refractivity contribution in [3.63, 3.8) is 0 Å². The van der Waals surface area contributed by atoms with Gasteiger partial charge in [-0.2, -0.15) is 0 Å². The Hall–Kier alpha value is 0.280. The first-order valence-corrected chi connectivity index (χ1v) is 4.31. The van der Waals surface area contributed by atoms with Crippen LogP contribution >= 0.6 is 23.2 Å². The average Bonchev–Trinajstić information content (AvgIpc) is 1.53. The molecule has 0 saturated carbocycles. The van der Waals surface area contributed by atoms with Gasteiger partial charge in [-0.25, -0.2) is 0 Å². The third-order valence-corrected chi connectivity index (χ3v) is 1.59. The number of allylic oxidation sites excluding steroid dienone is 2. The predicted octanol–water partition coefficient (Wildman–Crippen LogP) is 2.90. The summed E-state index contributed by atoms with van der Waals surface area (Å²) in [6.07, 6.45) is 1.63. The van der Waals surface area contributed by atoms with Gasteiger partial charge in [0.05, 0.1) is 6.10 Å². The first-order chi connectivity index (χ1) is 4.83. The molecule has 1 atom stereocenters. The largest absolute Gasteiger partial charge is 0.393 e. The van der Waals surface area contributed by atoms with Crippen LogP contribution in [-0.2, 0) is 0 Å². The fourth-order valence-corrected chi connectivity index (χ4v) is 1.76. The Morgan fingerprint density at radius 1 is 1.55 bits per heavy atom. The Morgan fingerprint density at radius 2 is 2.00 bits per heavy atom. The molecule has 1 unspecified atom stereocenters. The number of aliphatic hydroxyl groups excluding tert-OH is 1. The smallest absolute Gasteiger partial charge is 0.139 e. The molecule has 3 heteroatoms. The van der Waals surface area contributed by atoms with Crippen molar-refractivity contribution in [3.8, 4) is 0 Å². The van der Waals surface area contributed by atoms with Crippen LogP contribution in [0.4, 0.5) is 0 Å². The monoisotopic (exact) mass is 196 g/mol. The minimum Gasteiger partial charge on any atom is -0.393 e. The SMILES string of the molecule is CC(C)=CC(Cl)(Cl)CC(C)O. The van der Waals surface area contributed by atoms with Gasteiger partial charge in [-0.05, 0) is 20.8 Å². The summed E-state index contributed by atoms with van der Waals surface area (Å²) in [4.78, 5) is 0. The molecule has 0 aliphatic rings. The molecule has 11 heavy (non-hydrogen) atoms. The molecule has 0 spiro atoms. The lowest BCUT2D eigenvalue weighted by atomic mass is 10.1. The van der Waals surface area contributed by atoms with Crippen molar-refractivity contribution in [1.82, 2.24) is 0 Å². The molecule has 0 aliphatic carbocycles. The van der Waals surface area contributed by atoms with Gasteiger partial charge in [-0.3, -0.25) is 0 Å². The van der Waals surface area contributed by atoms with Crippen LogP contribution in [0.25, 0.3) is 0 Å². The third-order valence-electron chi connectivity index (χ3n) is 1.07. The molecule has 0 heterocycles. The van der Waals surface area contributed by atoms with E-state index in [0.717, 1.165) is 5.57 Å². The molecular weight excluding hydrogens is 183 g/mol. The third kappa shape index (κ3) is 6.67. The van der Waals surface area contributed by atoms with E-state index in [1.807, 2.05) is 13.8 Å². The second kappa shape index (κ2) is 4.34. The van der Waals surface area contributed by atoms with Crippen LogP contribution in [0.1, 0.15) is 27.2 Å². The summed E-state index contributed by atoms with van der Waals surface area (Å²) in [6, 6.07) is 0. The average molecular weight is 197 g/mol. The van der Waals surface area contributed by atoms with E-state index in [4.69, 9.17) is 28.3 Å². The van der Waals surface area contributed by atoms with Gasteiger partial charge in [-0.15, -0.1) is 0 Å². The maximum Gasteiger partial charge on any atom is 0.139 e. The van der Waals surface area contributed by atoms with Gasteiger partial charge in [0.15, 0.2) is 0 Å². The summed E-state index contributed by atoms with van der Waals surface area (Å²) in [7, 11) is 0. The van der Waals surface area contributed by atoms with Crippen LogP contribution in [0, 0.1) is 0 Å². The van der Waals surface area contributed by atoms with Gasteiger partial charge in [0, 0.05) is 6.42 Å². The zero-order valence-electron chi connectivity index (χ0n) is 7.06. The van der Waals surface area contributed by atoms with Crippen molar-refractivity contribution < 1.29 is 5.11 Å². The number of hydrogen-bond acceptors (Lipinski definition) is 1. The van der Waals surface area contributed by atoms with E-state index in [-0.39, 0.29) is 0 Å². The first-order valence-electron chi connectivity index (χ1n) is 3.55. The van der Waals surface area contributed by atoms with Crippen molar-refractivity contribution in [2.24, 2.45) is 0 Å². The van der Waals surface area contributed by atoms with Crippen molar-refractivity contribution in [3.05, 3.63) is 11.6 Å². The normalized spacial score (nSPS) is 14.4. The summed E-state index contributed by atoms with van der Waals surface area (Å²) in [5.74, 6) is 0. The summed E-state index contributed by atoms with van der Waals surface area (Å²) in [6.45, 7) is 5.50. The van der Waals surface area contributed by atoms with E-state index in [1.54, 1.807) is 13.0 Å². The first kappa shape index (κ1) is 11.3. The predicted molar refractivity (Wildman–Crippen MR) is 50.2 cm³/mol. The fraction of sp³-hybridized carbons (Fsp3) is 0.750. The number of hydrogen-bond donors (Lipinski definition) is 1. The minimum absolute atomic E-state index is 0.362. The van der Waals surface area contributed by atoms with E-state index in [1.165, 1.54) is 0 Å². The maximum absolute atomic E-state index is 9.00. The Bertz CT molecular complexity index is 146. The minimum atomic E-state index is -0.924. The summed E-state index contributed by atoms with van der Waals surface area (Å²) < 4.78 is -0.924. The summed E-state index contributed by atoms with van der Waals surface area (Å²) in [5.41, 5.74) is 1.05. The number of aliphatic hydroxyl groups is 1. The molecule has 0 radical (unpaired) electrons. The van der Waals surface area contributed by atoms with Crippen LogP contribution in [0.3, 0.4) is 0 Å². The van der Waals surface area contributed by atoms with E-state index in [2.05, 4.69) is 0 Å². The summed E-state index contributed by atoms with van der Waals surface area (Å²) >= 11 is 11.7. The maximum atomic E-state index is 9.00. The second-order valence-electron chi connectivity index (χ2n) is 3.04. The number of rotatable bonds is 3. The molecule has 0 saturated heterocycles. The van der Waals surface area contributed by atoms with Crippen LogP contribution in [0.15, 0.2) is 11.6 Å². The molecule has 0 aromatic carbocycles. The van der Waals surface area contributed by atoms with Gasteiger partial charge in [0.1, 0.15) is 4.33 Å². The molecule has 1 nitrogen and oxygen atoms in total. The van der Waals surface area contributed by atoms with Crippen LogP contribution < -0.4 is 0 Å². The fourth-order valence-electron chi connectivity index (χ4n) is 0.875. The van der Waals surface area contributed by atoms with Crippen LogP contribution in [-0.4, -0.2) is 15.5 Å². The molecule has 0 fully saturated rings. The van der Waals surface area contributed by atoms with E-state index in [0.29, 0.717) is 6.42 Å². The highest BCUT2D eigenvalue weighted by molar-refractivity contribution is 6.49. The van der Waals surface area contributed by atoms with Crippen molar-refractivity contribution in [2.45, 2.75) is 37.6 Å². The van der Waals surface area contributed by atoms with Gasteiger partial charge < -0.3 is 5.11 Å². The molecule has 0 rings (SSSR count). The Kier molecular flexibility index (Phi) is 4.45. The highest BCUT2D eigenvalue weighted by atomic mass is 35.5. The molecule has 0 aromatic rings. The van der Waals surface area contributed by atoms with Crippen LogP contribution in [0.5, 0.6) is 0 Å².